The van der Waals surface area contributed by atoms with Crippen LogP contribution in [-0.2, 0) is 28.6 Å². The molecule has 0 radical (unpaired) electrons. The molecule has 0 N–H and O–H groups in total. The number of aryl methyl sites for hydroxylation is 1. The summed E-state index contributed by atoms with van der Waals surface area (Å²) >= 11 is 0. The van der Waals surface area contributed by atoms with Crippen LogP contribution in [-0.4, -0.2) is 69.1 Å². The quantitative estimate of drug-likeness (QED) is 0.154. The van der Waals surface area contributed by atoms with Gasteiger partial charge in [-0.15, -0.1) is 0 Å². The van der Waals surface area contributed by atoms with Gasteiger partial charge in [0.1, 0.15) is 0 Å². The lowest BCUT2D eigenvalue weighted by Crippen LogP contribution is -2.38. The van der Waals surface area contributed by atoms with E-state index < -0.39 is 16.2 Å². The predicted molar refractivity (Wildman–Crippen MR) is 236 cm³/mol. The van der Waals surface area contributed by atoms with Crippen LogP contribution in [0.5, 0.6) is 0 Å². The Hall–Kier alpha value is -2.58. The zero-order valence-corrected chi connectivity index (χ0v) is 41.5. The lowest BCUT2D eigenvalue weighted by atomic mass is 9.65. The molecule has 8 heteroatoms. The molecule has 0 spiro atoms. The Morgan fingerprint density at radius 1 is 0.625 bits per heavy atom. The van der Waals surface area contributed by atoms with Crippen LogP contribution in [0.15, 0.2) is 24.3 Å². The van der Waals surface area contributed by atoms with Gasteiger partial charge in [0.15, 0.2) is 5.78 Å². The van der Waals surface area contributed by atoms with Crippen LogP contribution in [0.25, 0.3) is 0 Å². The molecule has 0 bridgehead atoms. The number of benzene rings is 1. The van der Waals surface area contributed by atoms with Crippen LogP contribution >= 0.6 is 0 Å². The molecule has 1 aliphatic heterocycles. The van der Waals surface area contributed by atoms with Crippen molar-refractivity contribution in [1.82, 2.24) is 4.90 Å². The number of amides is 2. The van der Waals surface area contributed by atoms with Crippen LogP contribution < -0.4 is 0 Å². The van der Waals surface area contributed by atoms with Crippen LogP contribution in [0.1, 0.15) is 175 Å². The average molecular weight is 792 g/mol. The molecule has 1 aromatic carbocycles. The third-order valence-corrected chi connectivity index (χ3v) is 13.4. The fourth-order valence-corrected chi connectivity index (χ4v) is 4.23. The van der Waals surface area contributed by atoms with Crippen molar-refractivity contribution in [3.63, 3.8) is 0 Å². The highest BCUT2D eigenvalue weighted by atomic mass is 16.5. The minimum Gasteiger partial charge on any atom is -0.469 e. The molecule has 0 atom stereocenters. The minimum absolute atomic E-state index is 0.0208. The molecule has 2 rings (SSSR count). The Bertz CT molecular complexity index is 1360. The summed E-state index contributed by atoms with van der Waals surface area (Å²) in [5.74, 6) is -0.0972. The largest absolute Gasteiger partial charge is 0.469 e. The van der Waals surface area contributed by atoms with Crippen LogP contribution in [0.4, 0.5) is 0 Å². The van der Waals surface area contributed by atoms with E-state index in [2.05, 4.69) is 76.2 Å². The van der Waals surface area contributed by atoms with Gasteiger partial charge in [-0.25, -0.2) is 0 Å². The highest BCUT2D eigenvalue weighted by Crippen LogP contribution is 2.46. The monoisotopic (exact) mass is 792 g/mol. The lowest BCUT2D eigenvalue weighted by Gasteiger charge is -2.37. The van der Waals surface area contributed by atoms with Crippen molar-refractivity contribution in [2.45, 2.75) is 171 Å². The topological polar surface area (TPSA) is 99.2 Å². The van der Waals surface area contributed by atoms with Gasteiger partial charge >= 0.3 is 5.97 Å². The van der Waals surface area contributed by atoms with Crippen molar-refractivity contribution in [3.8, 4) is 0 Å². The van der Waals surface area contributed by atoms with E-state index >= 15 is 0 Å². The molecule has 1 fully saturated rings. The molecule has 56 heavy (non-hydrogen) atoms. The van der Waals surface area contributed by atoms with Crippen molar-refractivity contribution in [3.05, 3.63) is 35.4 Å². The third kappa shape index (κ3) is 15.6. The molecule has 1 saturated heterocycles. The minimum atomic E-state index is -0.571. The maximum Gasteiger partial charge on any atom is 0.311 e. The molecular formula is C48H89NO7. The molecule has 328 valence electrons. The Labute approximate surface area is 346 Å². The number of ketones is 1. The first-order chi connectivity index (χ1) is 24.5. The maximum absolute atomic E-state index is 12.4. The maximum atomic E-state index is 12.4. The van der Waals surface area contributed by atoms with Crippen molar-refractivity contribution < 1.29 is 33.4 Å². The third-order valence-electron chi connectivity index (χ3n) is 13.4. The summed E-state index contributed by atoms with van der Waals surface area (Å²) in [5, 5.41) is 0. The molecule has 1 aromatic rings. The highest BCUT2D eigenvalue weighted by Gasteiger charge is 2.57. The predicted octanol–water partition coefficient (Wildman–Crippen LogP) is 12.0. The van der Waals surface area contributed by atoms with E-state index in [1.165, 1.54) is 24.0 Å². The van der Waals surface area contributed by atoms with Gasteiger partial charge in [-0.2, -0.15) is 0 Å². The highest BCUT2D eigenvalue weighted by molar-refractivity contribution is 6.08. The molecule has 2 amide bonds. The first-order valence-corrected chi connectivity index (χ1v) is 20.1. The van der Waals surface area contributed by atoms with Crippen molar-refractivity contribution in [1.29, 1.82) is 0 Å². The zero-order chi connectivity index (χ0) is 45.9. The summed E-state index contributed by atoms with van der Waals surface area (Å²) in [4.78, 5) is 48.0. The van der Waals surface area contributed by atoms with Gasteiger partial charge in [0.05, 0.1) is 35.6 Å². The SMILES string of the molecule is CCC(C)(C)COC.CN1C(=O)C(C)(C)C(C)(C)C1=O.COC(=O)C(C)(C)C(C)(C)C.COC(C)(C)C(C)(C)C.Cc1ccc(C(=O)C(C)(C)C(C)(C)C)cc1. The van der Waals surface area contributed by atoms with Crippen molar-refractivity contribution >= 4 is 23.6 Å². The zero-order valence-electron chi connectivity index (χ0n) is 41.5. The van der Waals surface area contributed by atoms with E-state index in [0.717, 1.165) is 12.2 Å². The number of hydrogen-bond acceptors (Lipinski definition) is 7. The molecular weight excluding hydrogens is 703 g/mol. The fraction of sp³-hybridized carbons (Fsp3) is 0.792. The average Bonchev–Trinajstić information content (AvgIpc) is 3.15. The van der Waals surface area contributed by atoms with E-state index in [4.69, 9.17) is 14.2 Å². The molecule has 1 aliphatic rings. The van der Waals surface area contributed by atoms with E-state index in [9.17, 15) is 19.2 Å². The van der Waals surface area contributed by atoms with Gasteiger partial charge in [-0.3, -0.25) is 24.1 Å². The van der Waals surface area contributed by atoms with Gasteiger partial charge in [-0.1, -0.05) is 127 Å². The number of carbonyl (C=O) groups is 4. The van der Waals surface area contributed by atoms with Gasteiger partial charge < -0.3 is 14.2 Å². The number of Topliss-reactive ketones (excluding diaryl/α,β-unsaturated/α-hetero) is 1. The Kier molecular flexibility index (Phi) is 21.6. The summed E-state index contributed by atoms with van der Waals surface area (Å²) in [6, 6.07) is 7.83. The van der Waals surface area contributed by atoms with E-state index in [0.29, 0.717) is 5.41 Å². The van der Waals surface area contributed by atoms with Crippen molar-refractivity contribution in [2.75, 3.05) is 35.0 Å². The Morgan fingerprint density at radius 2 is 0.982 bits per heavy atom. The number of carbonyl (C=O) groups excluding carboxylic acids is 4. The number of rotatable bonds is 7. The number of esters is 1. The summed E-state index contributed by atoms with van der Waals surface area (Å²) < 4.78 is 15.0. The first kappa shape index (κ1) is 57.7. The van der Waals surface area contributed by atoms with Crippen LogP contribution in [0.3, 0.4) is 0 Å². The normalized spacial score (nSPS) is 15.8. The first-order valence-electron chi connectivity index (χ1n) is 20.1. The number of nitrogens with zero attached hydrogens (tertiary/aromatic N) is 1. The second-order valence-electron chi connectivity index (χ2n) is 21.8. The number of hydrogen-bond donors (Lipinski definition) is 0. The van der Waals surface area contributed by atoms with E-state index in [-0.39, 0.29) is 50.8 Å². The Morgan fingerprint density at radius 3 is 1.14 bits per heavy atom. The second-order valence-corrected chi connectivity index (χ2v) is 21.8. The number of likely N-dealkylation sites (tertiary alicyclic amines) is 1. The number of ether oxygens (including phenoxy) is 3. The van der Waals surface area contributed by atoms with Gasteiger partial charge in [0.2, 0.25) is 11.8 Å². The van der Waals surface area contributed by atoms with Crippen LogP contribution in [0.2, 0.25) is 0 Å². The molecule has 0 saturated carbocycles. The lowest BCUT2D eigenvalue weighted by molar-refractivity contribution is -0.157. The molecule has 0 aliphatic carbocycles. The van der Waals surface area contributed by atoms with Gasteiger partial charge in [0, 0.05) is 32.2 Å². The molecule has 0 aromatic heterocycles. The summed E-state index contributed by atoms with van der Waals surface area (Å²) in [6.45, 7) is 47.8. The molecule has 8 nitrogen and oxygen atoms in total. The van der Waals surface area contributed by atoms with E-state index in [1.807, 2.05) is 107 Å². The van der Waals surface area contributed by atoms with Crippen LogP contribution in [0, 0.1) is 50.2 Å². The second kappa shape index (κ2) is 20.9. The summed E-state index contributed by atoms with van der Waals surface area (Å²) in [7, 11) is 6.47. The summed E-state index contributed by atoms with van der Waals surface area (Å²) in [5.41, 5.74) is 0.580. The molecule has 1 heterocycles. The molecule has 0 unspecified atom stereocenters. The fourth-order valence-electron chi connectivity index (χ4n) is 4.23. The number of methoxy groups -OCH3 is 3. The van der Waals surface area contributed by atoms with Crippen molar-refractivity contribution in [2.24, 2.45) is 43.3 Å². The van der Waals surface area contributed by atoms with E-state index in [1.54, 1.807) is 21.3 Å². The Balaban J connectivity index is -0.000000642. The smallest absolute Gasteiger partial charge is 0.311 e. The van der Waals surface area contributed by atoms with Gasteiger partial charge in [-0.05, 0) is 90.4 Å². The number of imide groups is 1. The standard InChI is InChI=1S/C15H22O.C9H15NO2.C9H18O2.C8H18O.C7H16O/c1-11-7-9-12(10-8-11)13(16)15(5,6)14(2,3)4;1-8(2)6(11)10(5)7(12)9(8,3)4;1-8(2,3)9(4,5)7(10)11-6;1-7(2,3)8(4,5)9-6;1-5-7(2,3)6-8-4/h7-10H,1-6H3;1-5H3;1-6H3;1-6H3;5-6H2,1-4H3. The van der Waals surface area contributed by atoms with Gasteiger partial charge in [0.25, 0.3) is 0 Å². The summed E-state index contributed by atoms with van der Waals surface area (Å²) in [6.07, 6.45) is 1.18.